The molecule has 2 fully saturated rings. The number of pyridine rings is 2. The van der Waals surface area contributed by atoms with Crippen LogP contribution in [0.5, 0.6) is 17.5 Å². The van der Waals surface area contributed by atoms with E-state index in [1.807, 2.05) is 12.3 Å². The number of aromatic nitrogens is 2. The molecule has 4 heterocycles. The van der Waals surface area contributed by atoms with E-state index in [9.17, 15) is 13.6 Å². The van der Waals surface area contributed by atoms with Gasteiger partial charge in [-0.25, -0.2) is 18.7 Å². The normalized spacial score (nSPS) is 21.8. The lowest BCUT2D eigenvalue weighted by Gasteiger charge is -2.37. The number of carbonyl (C=O) groups is 1. The predicted molar refractivity (Wildman–Crippen MR) is 136 cm³/mol. The van der Waals surface area contributed by atoms with Crippen LogP contribution in [-0.2, 0) is 9.53 Å². The van der Waals surface area contributed by atoms with Gasteiger partial charge in [-0.15, -0.1) is 0 Å². The summed E-state index contributed by atoms with van der Waals surface area (Å²) in [6.45, 7) is 4.07. The van der Waals surface area contributed by atoms with Crippen molar-refractivity contribution in [2.45, 2.75) is 69.8 Å². The van der Waals surface area contributed by atoms with Crippen molar-refractivity contribution in [3.05, 3.63) is 35.7 Å². The fraction of sp³-hybridized carbons (Fsp3) is 0.607. The van der Waals surface area contributed by atoms with Gasteiger partial charge in [0.05, 0.1) is 26.5 Å². The third-order valence-electron chi connectivity index (χ3n) is 7.84. The molecule has 3 aliphatic rings. The average molecular weight is 532 g/mol. The number of hydrogen-bond donors (Lipinski definition) is 0. The number of carbonyl (C=O) groups excluding carboxylic acids is 1. The lowest BCUT2D eigenvalue weighted by Crippen LogP contribution is -2.36. The topological polar surface area (TPSA) is 83.0 Å². The molecule has 206 valence electrons. The van der Waals surface area contributed by atoms with Crippen molar-refractivity contribution in [1.29, 1.82) is 0 Å². The van der Waals surface area contributed by atoms with Crippen LogP contribution in [-0.4, -0.2) is 55.3 Å². The maximum absolute atomic E-state index is 13.8. The number of esters is 1. The first-order chi connectivity index (χ1) is 18.3. The van der Waals surface area contributed by atoms with Gasteiger partial charge in [0.2, 0.25) is 17.7 Å². The van der Waals surface area contributed by atoms with Gasteiger partial charge in [0, 0.05) is 68.9 Å². The Kier molecular flexibility index (Phi) is 7.85. The number of fused-ring (bicyclic) bond motifs is 1. The second-order valence-electron chi connectivity index (χ2n) is 10.5. The standard InChI is InChI=1S/C28H35F2N3O5/c1-18(34)38-24-7-12-36-25-16-32-27(13-21(24)25)37-17-19-5-10-33(11-6-19)23-14-26(35-2)31-15-22(23)20-3-8-28(29,30)9-4-20/h13-16,19-20,24H,3-12,17H2,1-2H3. The van der Waals surface area contributed by atoms with Gasteiger partial charge in [0.1, 0.15) is 11.9 Å². The van der Waals surface area contributed by atoms with Crippen molar-refractivity contribution in [1.82, 2.24) is 9.97 Å². The van der Waals surface area contributed by atoms with Gasteiger partial charge in [-0.1, -0.05) is 0 Å². The SMILES string of the molecule is COc1cc(N2CCC(COc3cc4c(cn3)OCCC4OC(C)=O)CC2)c(C2CCC(F)(F)CC2)cn1. The maximum Gasteiger partial charge on any atom is 0.303 e. The van der Waals surface area contributed by atoms with Crippen LogP contribution in [0.3, 0.4) is 0 Å². The van der Waals surface area contributed by atoms with Crippen molar-refractivity contribution in [3.63, 3.8) is 0 Å². The van der Waals surface area contributed by atoms with E-state index in [2.05, 4.69) is 14.9 Å². The molecule has 10 heteroatoms. The lowest BCUT2D eigenvalue weighted by atomic mass is 9.82. The van der Waals surface area contributed by atoms with Crippen LogP contribution in [0, 0.1) is 5.92 Å². The molecular weight excluding hydrogens is 496 g/mol. The summed E-state index contributed by atoms with van der Waals surface area (Å²) in [6, 6.07) is 3.75. The van der Waals surface area contributed by atoms with E-state index in [1.54, 1.807) is 19.4 Å². The highest BCUT2D eigenvalue weighted by Gasteiger charge is 2.37. The summed E-state index contributed by atoms with van der Waals surface area (Å²) in [5.41, 5.74) is 2.86. The summed E-state index contributed by atoms with van der Waals surface area (Å²) in [4.78, 5) is 22.6. The largest absolute Gasteiger partial charge is 0.491 e. The summed E-state index contributed by atoms with van der Waals surface area (Å²) in [5.74, 6) is -0.812. The molecule has 2 aromatic rings. The maximum atomic E-state index is 13.8. The summed E-state index contributed by atoms with van der Waals surface area (Å²) in [7, 11) is 1.59. The Morgan fingerprint density at radius 1 is 1.05 bits per heavy atom. The molecule has 0 N–H and O–H groups in total. The number of halogens is 2. The van der Waals surface area contributed by atoms with Crippen molar-refractivity contribution in [2.24, 2.45) is 5.92 Å². The molecule has 1 saturated carbocycles. The molecule has 1 atom stereocenters. The Balaban J connectivity index is 1.20. The highest BCUT2D eigenvalue weighted by Crippen LogP contribution is 2.44. The summed E-state index contributed by atoms with van der Waals surface area (Å²) in [5, 5.41) is 0. The first-order valence-electron chi connectivity index (χ1n) is 13.4. The van der Waals surface area contributed by atoms with Crippen LogP contribution in [0.25, 0.3) is 0 Å². The number of piperidine rings is 1. The number of methoxy groups -OCH3 is 1. The Morgan fingerprint density at radius 2 is 1.79 bits per heavy atom. The summed E-state index contributed by atoms with van der Waals surface area (Å²) >= 11 is 0. The molecule has 0 aromatic carbocycles. The van der Waals surface area contributed by atoms with Gasteiger partial charge < -0.3 is 23.8 Å². The number of hydrogen-bond acceptors (Lipinski definition) is 8. The molecule has 0 spiro atoms. The molecule has 2 aromatic heterocycles. The van der Waals surface area contributed by atoms with Gasteiger partial charge in [-0.05, 0) is 43.1 Å². The molecule has 1 unspecified atom stereocenters. The first-order valence-corrected chi connectivity index (χ1v) is 13.4. The van der Waals surface area contributed by atoms with Crippen LogP contribution >= 0.6 is 0 Å². The lowest BCUT2D eigenvalue weighted by molar-refractivity contribution is -0.148. The molecule has 8 nitrogen and oxygen atoms in total. The highest BCUT2D eigenvalue weighted by molar-refractivity contribution is 5.66. The van der Waals surface area contributed by atoms with E-state index in [0.717, 1.165) is 42.7 Å². The van der Waals surface area contributed by atoms with Crippen molar-refractivity contribution in [3.8, 4) is 17.5 Å². The Bertz CT molecular complexity index is 1130. The second kappa shape index (κ2) is 11.3. The first kappa shape index (κ1) is 26.4. The molecule has 0 radical (unpaired) electrons. The molecule has 1 saturated heterocycles. The summed E-state index contributed by atoms with van der Waals surface area (Å²) < 4.78 is 50.1. The number of rotatable bonds is 7. The third-order valence-corrected chi connectivity index (χ3v) is 7.84. The monoisotopic (exact) mass is 531 g/mol. The zero-order chi connectivity index (χ0) is 26.7. The highest BCUT2D eigenvalue weighted by atomic mass is 19.3. The van der Waals surface area contributed by atoms with Crippen LogP contribution < -0.4 is 19.1 Å². The van der Waals surface area contributed by atoms with Gasteiger partial charge >= 0.3 is 5.97 Å². The van der Waals surface area contributed by atoms with Crippen LogP contribution in [0.2, 0.25) is 0 Å². The fourth-order valence-corrected chi connectivity index (χ4v) is 5.68. The molecular formula is C28H35F2N3O5. The van der Waals surface area contributed by atoms with Crippen molar-refractivity contribution in [2.75, 3.05) is 38.3 Å². The molecule has 38 heavy (non-hydrogen) atoms. The molecule has 5 rings (SSSR count). The van der Waals surface area contributed by atoms with E-state index >= 15 is 0 Å². The van der Waals surface area contributed by atoms with Crippen molar-refractivity contribution < 1.29 is 32.5 Å². The fourth-order valence-electron chi connectivity index (χ4n) is 5.68. The second-order valence-corrected chi connectivity index (χ2v) is 10.5. The number of nitrogens with zero attached hydrogens (tertiary/aromatic N) is 3. The van der Waals surface area contributed by atoms with E-state index < -0.39 is 5.92 Å². The third kappa shape index (κ3) is 6.10. The molecule has 1 aliphatic carbocycles. The van der Waals surface area contributed by atoms with Crippen molar-refractivity contribution >= 4 is 11.7 Å². The van der Waals surface area contributed by atoms with Gasteiger partial charge in [-0.3, -0.25) is 4.79 Å². The number of ether oxygens (including phenoxy) is 4. The van der Waals surface area contributed by atoms with E-state index in [-0.39, 0.29) is 30.8 Å². The van der Waals surface area contributed by atoms with E-state index in [0.29, 0.717) is 55.9 Å². The van der Waals surface area contributed by atoms with Gasteiger partial charge in [0.25, 0.3) is 0 Å². The zero-order valence-corrected chi connectivity index (χ0v) is 22.0. The van der Waals surface area contributed by atoms with Crippen LogP contribution in [0.4, 0.5) is 14.5 Å². The van der Waals surface area contributed by atoms with Crippen LogP contribution in [0.1, 0.15) is 75.0 Å². The average Bonchev–Trinajstić information content (AvgIpc) is 2.92. The minimum Gasteiger partial charge on any atom is -0.491 e. The van der Waals surface area contributed by atoms with Crippen LogP contribution in [0.15, 0.2) is 24.5 Å². The predicted octanol–water partition coefficient (Wildman–Crippen LogP) is 5.46. The number of alkyl halides is 2. The van der Waals surface area contributed by atoms with Gasteiger partial charge in [-0.2, -0.15) is 0 Å². The Hall–Kier alpha value is -3.17. The van der Waals surface area contributed by atoms with E-state index in [1.165, 1.54) is 6.92 Å². The Labute approximate surface area is 221 Å². The minimum absolute atomic E-state index is 0.0764. The molecule has 0 bridgehead atoms. The summed E-state index contributed by atoms with van der Waals surface area (Å²) in [6.07, 6.45) is 6.32. The Morgan fingerprint density at radius 3 is 2.50 bits per heavy atom. The molecule has 2 aliphatic heterocycles. The smallest absolute Gasteiger partial charge is 0.303 e. The zero-order valence-electron chi connectivity index (χ0n) is 22.0. The molecule has 0 amide bonds. The van der Waals surface area contributed by atoms with Gasteiger partial charge in [0.15, 0.2) is 0 Å². The number of anilines is 1. The van der Waals surface area contributed by atoms with E-state index in [4.69, 9.17) is 18.9 Å². The quantitative estimate of drug-likeness (QED) is 0.436. The minimum atomic E-state index is -2.56.